The molecule has 0 fully saturated rings. The van der Waals surface area contributed by atoms with Gasteiger partial charge in [-0.1, -0.05) is 42.5 Å². The largest absolute Gasteiger partial charge is 0.400 e. The van der Waals surface area contributed by atoms with Crippen LogP contribution in [0.2, 0.25) is 12.1 Å². The van der Waals surface area contributed by atoms with Crippen LogP contribution in [0.5, 0.6) is 0 Å². The van der Waals surface area contributed by atoms with Gasteiger partial charge in [0.1, 0.15) is 0 Å². The highest BCUT2D eigenvalue weighted by molar-refractivity contribution is 6.45. The third kappa shape index (κ3) is 21.0. The topological polar surface area (TPSA) is 55.4 Å². The lowest BCUT2D eigenvalue weighted by molar-refractivity contribution is 0.213. The van der Waals surface area contributed by atoms with Gasteiger partial charge >= 0.3 is 27.9 Å². The van der Waals surface area contributed by atoms with E-state index < -0.39 is 27.9 Å². The van der Waals surface area contributed by atoms with Crippen LogP contribution in [-0.4, -0.2) is 68.5 Å². The zero-order valence-electron chi connectivity index (χ0n) is 21.1. The van der Waals surface area contributed by atoms with Crippen molar-refractivity contribution in [1.82, 2.24) is 0 Å². The Kier molecular flexibility index (Phi) is 27.4. The molecule has 32 heavy (non-hydrogen) atoms. The van der Waals surface area contributed by atoms with Crippen LogP contribution in [0, 0.1) is 0 Å². The van der Waals surface area contributed by atoms with Crippen molar-refractivity contribution >= 4 is 27.9 Å². The predicted octanol–water partition coefficient (Wildman–Crippen LogP) is 4.21. The Bertz CT molecular complexity index is 506. The van der Waals surface area contributed by atoms with Crippen molar-refractivity contribution in [2.24, 2.45) is 0 Å². The lowest BCUT2D eigenvalue weighted by Crippen LogP contribution is -2.26. The van der Waals surface area contributed by atoms with Crippen LogP contribution < -0.4 is 0 Å². The van der Waals surface area contributed by atoms with Crippen LogP contribution >= 0.6 is 0 Å². The first-order chi connectivity index (χ1) is 15.6. The van der Waals surface area contributed by atoms with E-state index in [0.717, 1.165) is 44.6 Å². The van der Waals surface area contributed by atoms with E-state index in [1.54, 1.807) is 14.2 Å². The third-order valence-corrected chi connectivity index (χ3v) is 10.0. The zero-order valence-corrected chi connectivity index (χ0v) is 24.6. The van der Waals surface area contributed by atoms with E-state index in [-0.39, 0.29) is 0 Å². The van der Waals surface area contributed by atoms with E-state index in [0.29, 0.717) is 0 Å². The molecule has 0 aliphatic carbocycles. The summed E-state index contributed by atoms with van der Waals surface area (Å²) < 4.78 is 31.9. The van der Waals surface area contributed by atoms with Gasteiger partial charge in [-0.3, -0.25) is 0 Å². The number of hydrogen-bond donors (Lipinski definition) is 0. The molecular weight excluding hydrogens is 457 g/mol. The summed E-state index contributed by atoms with van der Waals surface area (Å²) in [5.74, 6) is 0. The van der Waals surface area contributed by atoms with Crippen LogP contribution in [0.4, 0.5) is 0 Å². The zero-order chi connectivity index (χ0) is 24.5. The Hall–Kier alpha value is -0.889. The molecule has 0 atom stereocenters. The van der Waals surface area contributed by atoms with Gasteiger partial charge in [0.05, 0.1) is 0 Å². The first kappa shape index (κ1) is 33.3. The highest BCUT2D eigenvalue weighted by atomic mass is 28.3. The average molecular weight is 503 g/mol. The molecule has 6 nitrogen and oxygen atoms in total. The van der Waals surface area contributed by atoms with Crippen molar-refractivity contribution in [1.29, 1.82) is 0 Å². The fraction of sp³-hybridized carbons (Fsp3) is 0.565. The molecule has 0 saturated carbocycles. The molecule has 1 aromatic rings. The lowest BCUT2D eigenvalue weighted by atomic mass is 10.2. The average Bonchev–Trinajstić information content (AvgIpc) is 2.80. The van der Waals surface area contributed by atoms with Crippen LogP contribution in [0.15, 0.2) is 55.6 Å². The summed E-state index contributed by atoms with van der Waals surface area (Å²) in [7, 11) is -0.781. The molecule has 0 heterocycles. The molecule has 186 valence electrons. The van der Waals surface area contributed by atoms with Crippen molar-refractivity contribution in [3.05, 3.63) is 61.2 Å². The number of hydrogen-bond acceptors (Lipinski definition) is 6. The molecule has 0 unspecified atom stereocenters. The van der Waals surface area contributed by atoms with Gasteiger partial charge in [0, 0.05) is 58.8 Å². The van der Waals surface area contributed by atoms with Crippen molar-refractivity contribution in [2.75, 3.05) is 40.6 Å². The second-order valence-electron chi connectivity index (χ2n) is 6.32. The summed E-state index contributed by atoms with van der Waals surface area (Å²) in [4.78, 5) is 0. The van der Waals surface area contributed by atoms with Gasteiger partial charge in [0.25, 0.3) is 0 Å². The molecule has 1 rings (SSSR count). The molecule has 0 aromatic heterocycles. The summed E-state index contributed by atoms with van der Waals surface area (Å²) in [6.45, 7) is 18.2. The minimum Gasteiger partial charge on any atom is -0.400 e. The van der Waals surface area contributed by atoms with Gasteiger partial charge in [-0.25, -0.2) is 0 Å². The molecule has 0 aliphatic rings. The van der Waals surface area contributed by atoms with Gasteiger partial charge in [-0.05, 0) is 33.3 Å². The minimum atomic E-state index is -1.46. The molecule has 0 amide bonds. The van der Waals surface area contributed by atoms with Crippen LogP contribution in [0.25, 0.3) is 0 Å². The first-order valence-electron chi connectivity index (χ1n) is 11.3. The highest BCUT2D eigenvalue weighted by Gasteiger charge is 2.12. The smallest absolute Gasteiger partial charge is 0.325 e. The summed E-state index contributed by atoms with van der Waals surface area (Å²) >= 11 is 0. The molecule has 0 bridgehead atoms. The summed E-state index contributed by atoms with van der Waals surface area (Å²) in [6, 6.07) is 13.1. The van der Waals surface area contributed by atoms with Crippen LogP contribution in [0.3, 0.4) is 0 Å². The number of allylic oxidation sites excluding steroid dienone is 2. The Morgan fingerprint density at radius 1 is 0.656 bits per heavy atom. The second-order valence-corrected chi connectivity index (χ2v) is 12.5. The standard InChI is InChI=1S/C11H18O2Si.C7H16O2Si.C5H12O2Si/c1-3-12-14(13-4-2)10-11-8-6-5-7-9-11;1-4-7-10(8-5-2)9-6-3;1-4-5-8(6-2)7-3/h5-9,14H,3-4,10H2,1-2H3;4,10H,1,5-7H2,2-3H3;4,8H,1,5H2,2-3H3. The van der Waals surface area contributed by atoms with Gasteiger partial charge in [0.2, 0.25) is 0 Å². The summed E-state index contributed by atoms with van der Waals surface area (Å²) in [5.41, 5.74) is 1.31. The SMILES string of the molecule is C=CC[SiH](OC)OC.C=CC[SiH](OCC)OCC.CCO[SiH](Cc1ccccc1)OCC. The minimum absolute atomic E-state index is 0.754. The van der Waals surface area contributed by atoms with Gasteiger partial charge in [0.15, 0.2) is 0 Å². The monoisotopic (exact) mass is 502 g/mol. The third-order valence-electron chi connectivity index (χ3n) is 3.90. The van der Waals surface area contributed by atoms with Crippen molar-refractivity contribution < 1.29 is 26.6 Å². The van der Waals surface area contributed by atoms with E-state index in [1.165, 1.54) is 5.56 Å². The lowest BCUT2D eigenvalue weighted by Gasteiger charge is -2.14. The number of benzene rings is 1. The van der Waals surface area contributed by atoms with E-state index in [9.17, 15) is 0 Å². The maximum absolute atomic E-state index is 5.60. The molecule has 0 aliphatic heterocycles. The van der Waals surface area contributed by atoms with Crippen molar-refractivity contribution in [3.8, 4) is 0 Å². The quantitative estimate of drug-likeness (QED) is 0.249. The molecule has 0 radical (unpaired) electrons. The fourth-order valence-electron chi connectivity index (χ4n) is 2.46. The second kappa shape index (κ2) is 26.4. The summed E-state index contributed by atoms with van der Waals surface area (Å²) in [6.07, 6.45) is 3.69. The molecule has 1 aromatic carbocycles. The Morgan fingerprint density at radius 3 is 1.41 bits per heavy atom. The fourth-order valence-corrected chi connectivity index (χ4v) is 6.43. The molecule has 9 heteroatoms. The van der Waals surface area contributed by atoms with Crippen LogP contribution in [0.1, 0.15) is 33.3 Å². The van der Waals surface area contributed by atoms with Crippen molar-refractivity contribution in [2.45, 2.75) is 45.8 Å². The van der Waals surface area contributed by atoms with Crippen molar-refractivity contribution in [3.63, 3.8) is 0 Å². The maximum atomic E-state index is 5.60. The molecular formula is C23H46O6Si3. The van der Waals surface area contributed by atoms with E-state index >= 15 is 0 Å². The predicted molar refractivity (Wildman–Crippen MR) is 142 cm³/mol. The van der Waals surface area contributed by atoms with Gasteiger partial charge in [-0.15, -0.1) is 13.2 Å². The highest BCUT2D eigenvalue weighted by Crippen LogP contribution is 2.04. The number of rotatable bonds is 16. The van der Waals surface area contributed by atoms with Crippen LogP contribution in [-0.2, 0) is 32.6 Å². The summed E-state index contributed by atoms with van der Waals surface area (Å²) in [5, 5.41) is 0. The Morgan fingerprint density at radius 2 is 1.06 bits per heavy atom. The van der Waals surface area contributed by atoms with Gasteiger partial charge in [-0.2, -0.15) is 0 Å². The maximum Gasteiger partial charge on any atom is 0.325 e. The molecule has 0 spiro atoms. The van der Waals surface area contributed by atoms with E-state index in [4.69, 9.17) is 26.6 Å². The first-order valence-corrected chi connectivity index (χ1v) is 16.6. The Labute approximate surface area is 202 Å². The molecule has 0 saturated heterocycles. The Balaban J connectivity index is 0. The van der Waals surface area contributed by atoms with E-state index in [1.807, 2.05) is 45.9 Å². The van der Waals surface area contributed by atoms with Gasteiger partial charge < -0.3 is 26.6 Å². The molecule has 0 N–H and O–H groups in total. The normalized spacial score (nSPS) is 10.4. The van der Waals surface area contributed by atoms with E-state index in [2.05, 4.69) is 37.4 Å².